The topological polar surface area (TPSA) is 49.9 Å². The van der Waals surface area contributed by atoms with Crippen LogP contribution in [0.1, 0.15) is 32.3 Å². The van der Waals surface area contributed by atoms with Crippen molar-refractivity contribution in [2.45, 2.75) is 32.7 Å². The van der Waals surface area contributed by atoms with Gasteiger partial charge in [0, 0.05) is 30.4 Å². The molecule has 0 N–H and O–H groups in total. The van der Waals surface area contributed by atoms with Crippen LogP contribution in [0, 0.1) is 18.3 Å². The molecular weight excluding hydrogens is 316 g/mol. The first-order valence-corrected chi connectivity index (χ1v) is 8.65. The molecule has 0 spiro atoms. The van der Waals surface area contributed by atoms with Crippen molar-refractivity contribution < 1.29 is 14.3 Å². The molecule has 25 heavy (non-hydrogen) atoms. The minimum absolute atomic E-state index is 0.0723. The molecule has 1 aliphatic heterocycles. The summed E-state index contributed by atoms with van der Waals surface area (Å²) in [6.45, 7) is 5.59. The van der Waals surface area contributed by atoms with E-state index in [0.29, 0.717) is 32.5 Å². The second-order valence-electron chi connectivity index (χ2n) is 6.59. The molecule has 0 aromatic heterocycles. The van der Waals surface area contributed by atoms with Gasteiger partial charge in [0.1, 0.15) is 0 Å². The summed E-state index contributed by atoms with van der Waals surface area (Å²) in [5.41, 5.74) is 1.75. The fraction of sp³-hybridized carbons (Fsp3) is 0.500. The Morgan fingerprint density at radius 3 is 2.60 bits per heavy atom. The van der Waals surface area contributed by atoms with Gasteiger partial charge in [-0.2, -0.15) is 0 Å². The van der Waals surface area contributed by atoms with Crippen LogP contribution in [0.3, 0.4) is 0 Å². The van der Waals surface area contributed by atoms with Crippen molar-refractivity contribution in [3.8, 4) is 12.3 Å². The number of ether oxygens (including phenoxy) is 1. The lowest BCUT2D eigenvalue weighted by atomic mass is 9.97. The number of benzene rings is 1. The number of rotatable bonds is 5. The number of piperidine rings is 1. The predicted octanol–water partition coefficient (Wildman–Crippen LogP) is 2.29. The van der Waals surface area contributed by atoms with Gasteiger partial charge in [0.2, 0.25) is 5.91 Å². The van der Waals surface area contributed by atoms with Crippen molar-refractivity contribution >= 4 is 17.6 Å². The molecule has 0 unspecified atom stereocenters. The maximum atomic E-state index is 12.7. The van der Waals surface area contributed by atoms with E-state index in [4.69, 9.17) is 11.2 Å². The molecule has 0 bridgehead atoms. The molecule has 1 aliphatic rings. The summed E-state index contributed by atoms with van der Waals surface area (Å²) < 4.78 is 4.79. The lowest BCUT2D eigenvalue weighted by Gasteiger charge is -2.34. The first-order chi connectivity index (χ1) is 12.0. The summed E-state index contributed by atoms with van der Waals surface area (Å²) in [5, 5.41) is 0. The number of methoxy groups -OCH3 is 1. The average molecular weight is 342 g/mol. The van der Waals surface area contributed by atoms with Crippen molar-refractivity contribution in [2.75, 3.05) is 31.6 Å². The highest BCUT2D eigenvalue weighted by Gasteiger charge is 2.28. The lowest BCUT2D eigenvalue weighted by Crippen LogP contribution is -2.46. The Labute approximate surface area is 149 Å². The number of esters is 1. The highest BCUT2D eigenvalue weighted by molar-refractivity contribution is 5.82. The Hall–Kier alpha value is -2.48. The quantitative estimate of drug-likeness (QED) is 0.609. The van der Waals surface area contributed by atoms with Crippen molar-refractivity contribution in [3.63, 3.8) is 0 Å². The molecule has 0 radical (unpaired) electrons. The van der Waals surface area contributed by atoms with Gasteiger partial charge in [-0.25, -0.2) is 0 Å². The van der Waals surface area contributed by atoms with E-state index in [-0.39, 0.29) is 23.8 Å². The van der Waals surface area contributed by atoms with Gasteiger partial charge < -0.3 is 14.5 Å². The largest absolute Gasteiger partial charge is 0.469 e. The Bertz CT molecular complexity index is 655. The number of hydrogen-bond acceptors (Lipinski definition) is 4. The van der Waals surface area contributed by atoms with Gasteiger partial charge in [0.05, 0.1) is 19.6 Å². The molecule has 1 amide bonds. The third-order valence-corrected chi connectivity index (χ3v) is 4.66. The molecule has 2 rings (SSSR count). The van der Waals surface area contributed by atoms with Gasteiger partial charge in [-0.3, -0.25) is 9.59 Å². The Morgan fingerprint density at radius 2 is 2.04 bits per heavy atom. The zero-order valence-electron chi connectivity index (χ0n) is 15.2. The molecule has 5 heteroatoms. The Morgan fingerprint density at radius 1 is 1.36 bits per heavy atom. The number of terminal acetylenes is 1. The zero-order valence-corrected chi connectivity index (χ0v) is 15.2. The summed E-state index contributed by atoms with van der Waals surface area (Å²) in [6, 6.07) is 7.85. The highest BCUT2D eigenvalue weighted by Crippen LogP contribution is 2.21. The summed E-state index contributed by atoms with van der Waals surface area (Å²) in [6.07, 6.45) is 6.80. The van der Waals surface area contributed by atoms with Crippen molar-refractivity contribution in [2.24, 2.45) is 5.92 Å². The van der Waals surface area contributed by atoms with E-state index in [9.17, 15) is 9.59 Å². The molecule has 1 heterocycles. The van der Waals surface area contributed by atoms with Gasteiger partial charge in [-0.15, -0.1) is 6.42 Å². The smallest absolute Gasteiger partial charge is 0.308 e. The van der Waals surface area contributed by atoms with Crippen LogP contribution >= 0.6 is 0 Å². The minimum atomic E-state index is -0.179. The number of likely N-dealkylation sites (tertiary alicyclic amines) is 1. The van der Waals surface area contributed by atoms with Crippen molar-refractivity contribution in [1.82, 2.24) is 4.90 Å². The maximum Gasteiger partial charge on any atom is 0.308 e. The molecular formula is C20H26N2O3. The first kappa shape index (κ1) is 18.9. The molecule has 0 aliphatic carbocycles. The number of carbonyl (C=O) groups excluding carboxylic acids is 2. The van der Waals surface area contributed by atoms with Crippen molar-refractivity contribution in [1.29, 1.82) is 0 Å². The zero-order chi connectivity index (χ0) is 18.4. The van der Waals surface area contributed by atoms with E-state index in [0.717, 1.165) is 11.3 Å². The standard InChI is InChI=1S/C20H26N2O3/c1-5-16-7-6-8-18(13-16)22(15(2)3)14-19(23)21-11-9-17(10-12-21)20(24)25-4/h1,6-8,13,15,17H,9-12,14H2,2-4H3. The van der Waals surface area contributed by atoms with Crippen LogP contribution in [0.4, 0.5) is 5.69 Å². The normalized spacial score (nSPS) is 14.9. The number of carbonyl (C=O) groups is 2. The number of nitrogens with zero attached hydrogens (tertiary/aromatic N) is 2. The van der Waals surface area contributed by atoms with Gasteiger partial charge in [0.15, 0.2) is 0 Å². The van der Waals surface area contributed by atoms with E-state index in [1.54, 1.807) is 0 Å². The first-order valence-electron chi connectivity index (χ1n) is 8.65. The molecule has 5 nitrogen and oxygen atoms in total. The molecule has 134 valence electrons. The number of amides is 1. The van der Waals surface area contributed by atoms with Gasteiger partial charge in [-0.05, 0) is 44.9 Å². The molecule has 1 aromatic carbocycles. The third kappa shape index (κ3) is 4.76. The molecule has 1 aromatic rings. The van der Waals surface area contributed by atoms with Crippen LogP contribution in [-0.4, -0.2) is 49.6 Å². The second kappa shape index (κ2) is 8.57. The summed E-state index contributed by atoms with van der Waals surface area (Å²) in [7, 11) is 1.41. The van der Waals surface area contributed by atoms with E-state index in [2.05, 4.69) is 24.7 Å². The lowest BCUT2D eigenvalue weighted by molar-refractivity contribution is -0.148. The van der Waals surface area contributed by atoms with E-state index in [1.165, 1.54) is 7.11 Å². The predicted molar refractivity (Wildman–Crippen MR) is 98.2 cm³/mol. The van der Waals surface area contributed by atoms with Crippen LogP contribution in [0.25, 0.3) is 0 Å². The Balaban J connectivity index is 2.02. The molecule has 1 saturated heterocycles. The van der Waals surface area contributed by atoms with Gasteiger partial charge in [0.25, 0.3) is 0 Å². The minimum Gasteiger partial charge on any atom is -0.469 e. The van der Waals surface area contributed by atoms with Crippen LogP contribution in [-0.2, 0) is 14.3 Å². The molecule has 0 atom stereocenters. The fourth-order valence-corrected chi connectivity index (χ4v) is 3.12. The summed E-state index contributed by atoms with van der Waals surface area (Å²) in [5.74, 6) is 2.43. The fourth-order valence-electron chi connectivity index (χ4n) is 3.12. The van der Waals surface area contributed by atoms with Gasteiger partial charge >= 0.3 is 5.97 Å². The average Bonchev–Trinajstić information content (AvgIpc) is 2.65. The summed E-state index contributed by atoms with van der Waals surface area (Å²) in [4.78, 5) is 28.2. The second-order valence-corrected chi connectivity index (χ2v) is 6.59. The monoisotopic (exact) mass is 342 g/mol. The highest BCUT2D eigenvalue weighted by atomic mass is 16.5. The molecule has 1 fully saturated rings. The maximum absolute atomic E-state index is 12.7. The van der Waals surface area contributed by atoms with E-state index in [1.807, 2.05) is 29.2 Å². The van der Waals surface area contributed by atoms with Crippen molar-refractivity contribution in [3.05, 3.63) is 29.8 Å². The summed E-state index contributed by atoms with van der Waals surface area (Å²) >= 11 is 0. The van der Waals surface area contributed by atoms with E-state index >= 15 is 0 Å². The molecule has 0 saturated carbocycles. The van der Waals surface area contributed by atoms with Crippen LogP contribution in [0.2, 0.25) is 0 Å². The SMILES string of the molecule is C#Cc1cccc(N(CC(=O)N2CCC(C(=O)OC)CC2)C(C)C)c1. The third-order valence-electron chi connectivity index (χ3n) is 4.66. The van der Waals surface area contributed by atoms with Gasteiger partial charge in [-0.1, -0.05) is 12.0 Å². The van der Waals surface area contributed by atoms with Crippen LogP contribution < -0.4 is 4.90 Å². The number of anilines is 1. The number of hydrogen-bond donors (Lipinski definition) is 0. The Kier molecular flexibility index (Phi) is 6.46. The van der Waals surface area contributed by atoms with E-state index < -0.39 is 0 Å². The van der Waals surface area contributed by atoms with Crippen LogP contribution in [0.15, 0.2) is 24.3 Å². The van der Waals surface area contributed by atoms with Crippen LogP contribution in [0.5, 0.6) is 0 Å².